The van der Waals surface area contributed by atoms with Crippen molar-refractivity contribution in [3.8, 4) is 11.1 Å². The first kappa shape index (κ1) is 20.6. The molecule has 2 heterocycles. The Balaban J connectivity index is 1.57. The van der Waals surface area contributed by atoms with E-state index in [2.05, 4.69) is 36.4 Å². The largest absolute Gasteiger partial charge is 0.342 e. The van der Waals surface area contributed by atoms with Crippen molar-refractivity contribution in [3.05, 3.63) is 60.2 Å². The molecular formula is C26H32N2O2. The molecule has 2 aliphatic rings. The van der Waals surface area contributed by atoms with Gasteiger partial charge in [-0.25, -0.2) is 0 Å². The van der Waals surface area contributed by atoms with Gasteiger partial charge in [0.05, 0.1) is 5.41 Å². The van der Waals surface area contributed by atoms with Crippen molar-refractivity contribution in [1.29, 1.82) is 0 Å². The molecular weight excluding hydrogens is 372 g/mol. The monoisotopic (exact) mass is 404 g/mol. The van der Waals surface area contributed by atoms with Gasteiger partial charge in [0, 0.05) is 32.1 Å². The predicted molar refractivity (Wildman–Crippen MR) is 120 cm³/mol. The molecule has 4 rings (SSSR count). The maximum atomic E-state index is 13.6. The molecule has 0 N–H and O–H groups in total. The third-order valence-electron chi connectivity index (χ3n) is 6.61. The summed E-state index contributed by atoms with van der Waals surface area (Å²) in [7, 11) is 0. The number of likely N-dealkylation sites (tertiary alicyclic amines) is 2. The second-order valence-corrected chi connectivity index (χ2v) is 9.18. The normalized spacial score (nSPS) is 21.4. The smallest absolute Gasteiger partial charge is 0.230 e. The van der Waals surface area contributed by atoms with E-state index in [-0.39, 0.29) is 17.7 Å². The van der Waals surface area contributed by atoms with Crippen LogP contribution in [0.3, 0.4) is 0 Å². The van der Waals surface area contributed by atoms with Crippen LogP contribution in [0.4, 0.5) is 0 Å². The summed E-state index contributed by atoms with van der Waals surface area (Å²) >= 11 is 0. The molecule has 2 amide bonds. The van der Waals surface area contributed by atoms with Crippen LogP contribution < -0.4 is 0 Å². The van der Waals surface area contributed by atoms with E-state index in [9.17, 15) is 9.59 Å². The highest BCUT2D eigenvalue weighted by Gasteiger charge is 2.48. The zero-order valence-corrected chi connectivity index (χ0v) is 18.1. The number of carbonyl (C=O) groups is 2. The van der Waals surface area contributed by atoms with E-state index in [4.69, 9.17) is 0 Å². The van der Waals surface area contributed by atoms with E-state index in [0.29, 0.717) is 19.5 Å². The highest BCUT2D eigenvalue weighted by atomic mass is 16.2. The number of carbonyl (C=O) groups excluding carboxylic acids is 2. The highest BCUT2D eigenvalue weighted by Crippen LogP contribution is 2.38. The quantitative estimate of drug-likeness (QED) is 0.741. The van der Waals surface area contributed by atoms with Gasteiger partial charge in [0.1, 0.15) is 0 Å². The standard InChI is InChI=1S/C26H32N2O2/c1-20(2)24(29)28-17-14-26(19-28,25(30)27-15-6-7-16-27)18-21-10-12-23(13-11-21)22-8-4-3-5-9-22/h3-5,8-13,20H,6-7,14-19H2,1-2H3/t26-/m0/s1. The molecule has 0 radical (unpaired) electrons. The van der Waals surface area contributed by atoms with Gasteiger partial charge in [0.2, 0.25) is 11.8 Å². The molecule has 0 spiro atoms. The molecule has 2 aromatic carbocycles. The first-order valence-electron chi connectivity index (χ1n) is 11.2. The molecule has 2 saturated heterocycles. The third kappa shape index (κ3) is 4.14. The fourth-order valence-electron chi connectivity index (χ4n) is 4.91. The summed E-state index contributed by atoms with van der Waals surface area (Å²) in [4.78, 5) is 30.2. The van der Waals surface area contributed by atoms with Crippen LogP contribution in [0.2, 0.25) is 0 Å². The molecule has 2 aromatic rings. The molecule has 2 fully saturated rings. The van der Waals surface area contributed by atoms with Crippen molar-refractivity contribution in [2.75, 3.05) is 26.2 Å². The summed E-state index contributed by atoms with van der Waals surface area (Å²) in [5.41, 5.74) is 3.05. The van der Waals surface area contributed by atoms with Crippen LogP contribution in [0.25, 0.3) is 11.1 Å². The summed E-state index contributed by atoms with van der Waals surface area (Å²) < 4.78 is 0. The Labute approximate surface area is 179 Å². The van der Waals surface area contributed by atoms with Crippen molar-refractivity contribution in [2.45, 2.75) is 39.5 Å². The van der Waals surface area contributed by atoms with Gasteiger partial charge in [-0.3, -0.25) is 9.59 Å². The fourth-order valence-corrected chi connectivity index (χ4v) is 4.91. The van der Waals surface area contributed by atoms with Crippen LogP contribution in [0, 0.1) is 11.3 Å². The molecule has 0 bridgehead atoms. The van der Waals surface area contributed by atoms with Crippen molar-refractivity contribution in [3.63, 3.8) is 0 Å². The molecule has 0 aromatic heterocycles. The van der Waals surface area contributed by atoms with E-state index in [1.54, 1.807) is 0 Å². The van der Waals surface area contributed by atoms with Crippen molar-refractivity contribution < 1.29 is 9.59 Å². The Kier molecular flexibility index (Phi) is 5.94. The number of nitrogens with zero attached hydrogens (tertiary/aromatic N) is 2. The van der Waals surface area contributed by atoms with E-state index in [1.807, 2.05) is 41.8 Å². The van der Waals surface area contributed by atoms with E-state index < -0.39 is 5.41 Å². The summed E-state index contributed by atoms with van der Waals surface area (Å²) in [6, 6.07) is 18.9. The summed E-state index contributed by atoms with van der Waals surface area (Å²) in [5, 5.41) is 0. The van der Waals surface area contributed by atoms with E-state index in [0.717, 1.165) is 32.4 Å². The number of rotatable bonds is 5. The lowest BCUT2D eigenvalue weighted by Gasteiger charge is -2.33. The van der Waals surface area contributed by atoms with Gasteiger partial charge in [0.25, 0.3) is 0 Å². The molecule has 4 heteroatoms. The lowest BCUT2D eigenvalue weighted by atomic mass is 9.79. The molecule has 158 valence electrons. The molecule has 2 aliphatic heterocycles. The molecule has 0 saturated carbocycles. The first-order valence-corrected chi connectivity index (χ1v) is 11.2. The Hall–Kier alpha value is -2.62. The average molecular weight is 405 g/mol. The van der Waals surface area contributed by atoms with Crippen LogP contribution in [-0.4, -0.2) is 47.8 Å². The van der Waals surface area contributed by atoms with Gasteiger partial charge in [0.15, 0.2) is 0 Å². The minimum atomic E-state index is -0.497. The molecule has 0 aliphatic carbocycles. The molecule has 0 unspecified atom stereocenters. The summed E-state index contributed by atoms with van der Waals surface area (Å²) in [6.07, 6.45) is 3.62. The van der Waals surface area contributed by atoms with Crippen molar-refractivity contribution >= 4 is 11.8 Å². The van der Waals surface area contributed by atoms with Gasteiger partial charge >= 0.3 is 0 Å². The Bertz CT molecular complexity index is 885. The number of hydrogen-bond acceptors (Lipinski definition) is 2. The van der Waals surface area contributed by atoms with Crippen LogP contribution in [0.5, 0.6) is 0 Å². The average Bonchev–Trinajstić information content (AvgIpc) is 3.45. The second-order valence-electron chi connectivity index (χ2n) is 9.18. The zero-order valence-electron chi connectivity index (χ0n) is 18.1. The Morgan fingerprint density at radius 2 is 1.50 bits per heavy atom. The van der Waals surface area contributed by atoms with Gasteiger partial charge < -0.3 is 9.80 Å². The number of benzene rings is 2. The highest BCUT2D eigenvalue weighted by molar-refractivity contribution is 5.86. The minimum absolute atomic E-state index is 0.0344. The van der Waals surface area contributed by atoms with E-state index >= 15 is 0 Å². The summed E-state index contributed by atoms with van der Waals surface area (Å²) in [5.74, 6) is 0.365. The Morgan fingerprint density at radius 1 is 0.867 bits per heavy atom. The van der Waals surface area contributed by atoms with Crippen LogP contribution in [0.15, 0.2) is 54.6 Å². The van der Waals surface area contributed by atoms with Crippen molar-refractivity contribution in [2.24, 2.45) is 11.3 Å². The van der Waals surface area contributed by atoms with Gasteiger partial charge in [-0.15, -0.1) is 0 Å². The lowest BCUT2D eigenvalue weighted by Crippen LogP contribution is -2.46. The summed E-state index contributed by atoms with van der Waals surface area (Å²) in [6.45, 7) is 6.80. The first-order chi connectivity index (χ1) is 14.5. The SMILES string of the molecule is CC(C)C(=O)N1CC[C@@](Cc2ccc(-c3ccccc3)cc2)(C(=O)N2CCCC2)C1. The van der Waals surface area contributed by atoms with Crippen LogP contribution >= 0.6 is 0 Å². The minimum Gasteiger partial charge on any atom is -0.342 e. The third-order valence-corrected chi connectivity index (χ3v) is 6.61. The zero-order chi connectivity index (χ0) is 21.1. The molecule has 30 heavy (non-hydrogen) atoms. The van der Waals surface area contributed by atoms with Crippen LogP contribution in [0.1, 0.15) is 38.7 Å². The van der Waals surface area contributed by atoms with Crippen molar-refractivity contribution in [1.82, 2.24) is 9.80 Å². The maximum absolute atomic E-state index is 13.6. The van der Waals surface area contributed by atoms with Gasteiger partial charge in [-0.05, 0) is 42.4 Å². The fraction of sp³-hybridized carbons (Fsp3) is 0.462. The Morgan fingerprint density at radius 3 is 2.13 bits per heavy atom. The van der Waals surface area contributed by atoms with Gasteiger partial charge in [-0.2, -0.15) is 0 Å². The number of amides is 2. The predicted octanol–water partition coefficient (Wildman–Crippen LogP) is 4.39. The molecule has 4 nitrogen and oxygen atoms in total. The van der Waals surface area contributed by atoms with E-state index in [1.165, 1.54) is 16.7 Å². The lowest BCUT2D eigenvalue weighted by molar-refractivity contribution is -0.141. The topological polar surface area (TPSA) is 40.6 Å². The van der Waals surface area contributed by atoms with Crippen LogP contribution in [-0.2, 0) is 16.0 Å². The maximum Gasteiger partial charge on any atom is 0.230 e. The molecule has 1 atom stereocenters. The second kappa shape index (κ2) is 8.63. The van der Waals surface area contributed by atoms with Gasteiger partial charge in [-0.1, -0.05) is 68.4 Å². The number of hydrogen-bond donors (Lipinski definition) is 0.